The number of likely N-dealkylation sites (tertiary alicyclic amines) is 2. The van der Waals surface area contributed by atoms with E-state index in [9.17, 15) is 27.6 Å². The van der Waals surface area contributed by atoms with E-state index < -0.39 is 40.7 Å². The molecule has 202 valence electrons. The average Bonchev–Trinajstić information content (AvgIpc) is 3.27. The van der Waals surface area contributed by atoms with Crippen LogP contribution < -0.4 is 5.32 Å². The van der Waals surface area contributed by atoms with Crippen LogP contribution in [0.4, 0.5) is 18.9 Å². The molecule has 0 spiro atoms. The molecule has 1 aromatic heterocycles. The van der Waals surface area contributed by atoms with Crippen molar-refractivity contribution < 1.29 is 27.6 Å². The molecule has 7 nitrogen and oxygen atoms in total. The Hall–Kier alpha value is -4.21. The third-order valence-electron chi connectivity index (χ3n) is 7.49. The van der Waals surface area contributed by atoms with Crippen molar-refractivity contribution in [1.29, 1.82) is 0 Å². The van der Waals surface area contributed by atoms with Gasteiger partial charge in [-0.15, -0.1) is 0 Å². The summed E-state index contributed by atoms with van der Waals surface area (Å²) in [6.45, 7) is 0.874. The summed E-state index contributed by atoms with van der Waals surface area (Å²) in [5.41, 5.74) is 0.498. The normalized spacial score (nSPS) is 17.9. The summed E-state index contributed by atoms with van der Waals surface area (Å²) >= 11 is 0. The van der Waals surface area contributed by atoms with Gasteiger partial charge in [0, 0.05) is 32.2 Å². The van der Waals surface area contributed by atoms with Gasteiger partial charge >= 0.3 is 0 Å². The molecule has 3 amide bonds. The number of hydrogen-bond donors (Lipinski definition) is 1. The number of nitrogens with zero attached hydrogens (tertiary/aromatic N) is 3. The van der Waals surface area contributed by atoms with Crippen molar-refractivity contribution in [3.8, 4) is 11.3 Å². The van der Waals surface area contributed by atoms with E-state index in [0.717, 1.165) is 23.8 Å². The molecule has 0 bridgehead atoms. The Labute approximate surface area is 223 Å². The maximum atomic E-state index is 14.4. The fourth-order valence-corrected chi connectivity index (χ4v) is 5.21. The smallest absolute Gasteiger partial charge is 0.272 e. The summed E-state index contributed by atoms with van der Waals surface area (Å²) in [5, 5.41) is 2.87. The first-order valence-electron chi connectivity index (χ1n) is 12.8. The van der Waals surface area contributed by atoms with E-state index in [2.05, 4.69) is 10.3 Å². The molecule has 2 aromatic carbocycles. The minimum Gasteiger partial charge on any atom is -0.337 e. The van der Waals surface area contributed by atoms with Gasteiger partial charge in [-0.2, -0.15) is 0 Å². The summed E-state index contributed by atoms with van der Waals surface area (Å²) in [4.78, 5) is 44.4. The number of likely N-dealkylation sites (N-methyl/N-ethyl adjacent to an activating group) is 1. The number of pyridine rings is 1. The number of carbonyl (C=O) groups excluding carboxylic acids is 3. The van der Waals surface area contributed by atoms with Gasteiger partial charge in [0.2, 0.25) is 11.8 Å². The number of anilines is 1. The van der Waals surface area contributed by atoms with Crippen molar-refractivity contribution in [2.24, 2.45) is 0 Å². The summed E-state index contributed by atoms with van der Waals surface area (Å²) in [7, 11) is 1.63. The lowest BCUT2D eigenvalue weighted by atomic mass is 9.89. The second kappa shape index (κ2) is 10.9. The van der Waals surface area contributed by atoms with E-state index in [-0.39, 0.29) is 23.4 Å². The third kappa shape index (κ3) is 5.36. The number of hydrogen-bond acceptors (Lipinski definition) is 4. The van der Waals surface area contributed by atoms with Crippen LogP contribution in [-0.4, -0.2) is 58.7 Å². The fraction of sp³-hybridized carbons (Fsp3) is 0.310. The van der Waals surface area contributed by atoms with E-state index in [1.165, 1.54) is 17.0 Å². The van der Waals surface area contributed by atoms with Gasteiger partial charge in [-0.3, -0.25) is 14.4 Å². The molecule has 0 saturated carbocycles. The van der Waals surface area contributed by atoms with Crippen LogP contribution in [0.2, 0.25) is 0 Å². The highest BCUT2D eigenvalue weighted by Gasteiger charge is 2.33. The van der Waals surface area contributed by atoms with E-state index in [1.807, 2.05) is 24.3 Å². The van der Waals surface area contributed by atoms with Crippen LogP contribution in [0.15, 0.2) is 54.6 Å². The molecule has 3 heterocycles. The number of amides is 3. The maximum Gasteiger partial charge on any atom is 0.272 e. The topological polar surface area (TPSA) is 82.6 Å². The molecule has 10 heteroatoms. The highest BCUT2D eigenvalue weighted by atomic mass is 19.1. The first-order valence-corrected chi connectivity index (χ1v) is 12.8. The lowest BCUT2D eigenvalue weighted by molar-refractivity contribution is -0.131. The zero-order valence-corrected chi connectivity index (χ0v) is 21.3. The Kier molecular flexibility index (Phi) is 7.36. The molecule has 5 rings (SSSR count). The van der Waals surface area contributed by atoms with Crippen molar-refractivity contribution >= 4 is 23.4 Å². The minimum absolute atomic E-state index is 0.0371. The zero-order chi connectivity index (χ0) is 27.7. The lowest BCUT2D eigenvalue weighted by Crippen LogP contribution is -2.39. The number of carbonyl (C=O) groups is 3. The molecular weight excluding hydrogens is 509 g/mol. The number of rotatable bonds is 5. The Balaban J connectivity index is 1.21. The lowest BCUT2D eigenvalue weighted by Gasteiger charge is -2.32. The minimum atomic E-state index is -0.960. The molecule has 2 saturated heterocycles. The highest BCUT2D eigenvalue weighted by molar-refractivity contribution is 5.99. The molecule has 2 aliphatic heterocycles. The molecule has 0 radical (unpaired) electrons. The maximum absolute atomic E-state index is 14.4. The van der Waals surface area contributed by atoms with Crippen molar-refractivity contribution in [2.45, 2.75) is 37.6 Å². The molecule has 2 fully saturated rings. The summed E-state index contributed by atoms with van der Waals surface area (Å²) in [5.74, 6) is -3.32. The zero-order valence-electron chi connectivity index (χ0n) is 21.3. The molecule has 0 unspecified atom stereocenters. The Morgan fingerprint density at radius 1 is 0.897 bits per heavy atom. The number of benzene rings is 2. The van der Waals surface area contributed by atoms with E-state index in [0.29, 0.717) is 44.5 Å². The summed E-state index contributed by atoms with van der Waals surface area (Å²) < 4.78 is 42.8. The predicted octanol–water partition coefficient (Wildman–Crippen LogP) is 4.75. The Bertz CT molecular complexity index is 1400. The summed E-state index contributed by atoms with van der Waals surface area (Å²) in [6, 6.07) is 12.5. The van der Waals surface area contributed by atoms with Crippen molar-refractivity contribution in [2.75, 3.05) is 25.5 Å². The SMILES string of the molecule is CN1C(=O)CC[C@@H]1C(=O)Nc1ccc(C2CCN(C(=O)c3ccc(F)c(-c4c(F)cccc4F)n3)CC2)cc1. The van der Waals surface area contributed by atoms with Crippen molar-refractivity contribution in [1.82, 2.24) is 14.8 Å². The molecule has 3 aromatic rings. The number of piperidine rings is 1. The number of halogens is 3. The van der Waals surface area contributed by atoms with Crippen LogP contribution in [0.5, 0.6) is 0 Å². The van der Waals surface area contributed by atoms with Crippen LogP contribution in [0.1, 0.15) is 47.7 Å². The molecular formula is C29H27F3N4O3. The van der Waals surface area contributed by atoms with E-state index >= 15 is 0 Å². The highest BCUT2D eigenvalue weighted by Crippen LogP contribution is 2.31. The average molecular weight is 537 g/mol. The van der Waals surface area contributed by atoms with Crippen LogP contribution in [-0.2, 0) is 9.59 Å². The van der Waals surface area contributed by atoms with Gasteiger partial charge in [0.25, 0.3) is 5.91 Å². The van der Waals surface area contributed by atoms with Gasteiger partial charge in [0.05, 0.1) is 5.56 Å². The third-order valence-corrected chi connectivity index (χ3v) is 7.49. The predicted molar refractivity (Wildman–Crippen MR) is 138 cm³/mol. The second-order valence-electron chi connectivity index (χ2n) is 9.86. The van der Waals surface area contributed by atoms with E-state index in [4.69, 9.17) is 0 Å². The fourth-order valence-electron chi connectivity index (χ4n) is 5.21. The van der Waals surface area contributed by atoms with Gasteiger partial charge in [-0.05, 0) is 67.1 Å². The summed E-state index contributed by atoms with van der Waals surface area (Å²) in [6.07, 6.45) is 2.24. The van der Waals surface area contributed by atoms with Crippen molar-refractivity contribution in [3.63, 3.8) is 0 Å². The van der Waals surface area contributed by atoms with E-state index in [1.54, 1.807) is 11.9 Å². The Morgan fingerprint density at radius 2 is 1.56 bits per heavy atom. The molecule has 1 atom stereocenters. The van der Waals surface area contributed by atoms with Gasteiger partial charge in [0.15, 0.2) is 0 Å². The first kappa shape index (κ1) is 26.4. The number of nitrogens with one attached hydrogen (secondary N) is 1. The van der Waals surface area contributed by atoms with Crippen LogP contribution in [0, 0.1) is 17.5 Å². The van der Waals surface area contributed by atoms with Crippen LogP contribution in [0.25, 0.3) is 11.3 Å². The quantitative estimate of drug-likeness (QED) is 0.511. The first-order chi connectivity index (χ1) is 18.7. The largest absolute Gasteiger partial charge is 0.337 e. The Morgan fingerprint density at radius 3 is 2.18 bits per heavy atom. The van der Waals surface area contributed by atoms with Crippen molar-refractivity contribution in [3.05, 3.63) is 83.3 Å². The van der Waals surface area contributed by atoms with Gasteiger partial charge < -0.3 is 15.1 Å². The standard InChI is InChI=1S/C29H27F3N4O3/c1-35-24(11-12-25(35)37)28(38)33-19-7-5-17(6-8-19)18-13-15-36(16-14-18)29(39)23-10-9-22(32)27(34-23)26-20(30)3-2-4-21(26)31/h2-10,18,24H,11-16H2,1H3,(H,33,38)/t24-/m1/s1. The second-order valence-corrected chi connectivity index (χ2v) is 9.86. The van der Waals surface area contributed by atoms with Crippen LogP contribution >= 0.6 is 0 Å². The van der Waals surface area contributed by atoms with Gasteiger partial charge in [0.1, 0.15) is 34.9 Å². The molecule has 39 heavy (non-hydrogen) atoms. The molecule has 1 N–H and O–H groups in total. The van der Waals surface area contributed by atoms with Crippen LogP contribution in [0.3, 0.4) is 0 Å². The molecule has 2 aliphatic rings. The number of aromatic nitrogens is 1. The van der Waals surface area contributed by atoms with Gasteiger partial charge in [-0.1, -0.05) is 18.2 Å². The van der Waals surface area contributed by atoms with Gasteiger partial charge in [-0.25, -0.2) is 18.2 Å². The monoisotopic (exact) mass is 536 g/mol. The molecule has 0 aliphatic carbocycles.